The topological polar surface area (TPSA) is 18.5 Å². The summed E-state index contributed by atoms with van der Waals surface area (Å²) >= 11 is 0. The molecule has 0 saturated heterocycles. The third kappa shape index (κ3) is 3.60. The lowest BCUT2D eigenvalue weighted by molar-refractivity contribution is 0.0524. The Hall–Kier alpha value is -1.96. The molecule has 2 aromatic carbocycles. The van der Waals surface area contributed by atoms with Crippen molar-refractivity contribution in [3.8, 4) is 5.75 Å². The molecular weight excluding hydrogens is 320 g/mol. The normalized spacial score (nSPS) is 20.2. The molecule has 2 saturated carbocycles. The van der Waals surface area contributed by atoms with E-state index >= 15 is 0 Å². The average molecular weight is 351 g/mol. The van der Waals surface area contributed by atoms with E-state index in [0.29, 0.717) is 17.3 Å². The van der Waals surface area contributed by atoms with E-state index in [1.807, 2.05) is 0 Å². The predicted molar refractivity (Wildman–Crippen MR) is 108 cm³/mol. The van der Waals surface area contributed by atoms with Crippen molar-refractivity contribution in [3.63, 3.8) is 0 Å². The molecule has 2 aliphatic rings. The molecule has 0 aliphatic heterocycles. The molecule has 2 nitrogen and oxygen atoms in total. The van der Waals surface area contributed by atoms with Crippen LogP contribution < -0.4 is 4.74 Å². The van der Waals surface area contributed by atoms with Crippen LogP contribution in [0.3, 0.4) is 0 Å². The number of hydrogen-bond donors (Lipinski definition) is 0. The summed E-state index contributed by atoms with van der Waals surface area (Å²) in [4.78, 5) is 0. The highest BCUT2D eigenvalue weighted by atomic mass is 16.5. The number of benzene rings is 2. The second-order valence-electron chi connectivity index (χ2n) is 8.23. The van der Waals surface area contributed by atoms with Crippen LogP contribution in [0, 0.1) is 5.41 Å². The van der Waals surface area contributed by atoms with Gasteiger partial charge in [0, 0.05) is 5.56 Å². The molecular formula is C24H30O2. The third-order valence-electron chi connectivity index (χ3n) is 6.59. The maximum Gasteiger partial charge on any atom is 0.120 e. The van der Waals surface area contributed by atoms with Crippen LogP contribution in [0.15, 0.2) is 43.0 Å². The monoisotopic (exact) mass is 350 g/mol. The standard InChI is InChI=1S/C24H30O2/c1-18(25-2)19-6-7-21-17-23(9-8-20(21)16-19)26-22-10-14-24(15-11-22)12-4-3-5-13-24/h6-9,16-17,22H,1,3-5,10-15H2,2H3. The molecule has 0 N–H and O–H groups in total. The summed E-state index contributed by atoms with van der Waals surface area (Å²) in [5.41, 5.74) is 1.68. The van der Waals surface area contributed by atoms with E-state index in [1.54, 1.807) is 7.11 Å². The summed E-state index contributed by atoms with van der Waals surface area (Å²) in [5.74, 6) is 1.70. The zero-order chi connectivity index (χ0) is 18.0. The van der Waals surface area contributed by atoms with Crippen molar-refractivity contribution in [2.75, 3.05) is 7.11 Å². The SMILES string of the molecule is C=C(OC)c1ccc2cc(OC3CCC4(CCCCC4)CC3)ccc2c1. The van der Waals surface area contributed by atoms with Crippen LogP contribution in [-0.2, 0) is 4.74 Å². The third-order valence-corrected chi connectivity index (χ3v) is 6.59. The van der Waals surface area contributed by atoms with Gasteiger partial charge in [0.2, 0.25) is 0 Å². The Labute approximate surface area is 157 Å². The van der Waals surface area contributed by atoms with Gasteiger partial charge in [0.25, 0.3) is 0 Å². The minimum atomic E-state index is 0.382. The van der Waals surface area contributed by atoms with Gasteiger partial charge in [0.05, 0.1) is 13.2 Å². The molecule has 26 heavy (non-hydrogen) atoms. The Bertz CT molecular complexity index is 776. The van der Waals surface area contributed by atoms with Crippen molar-refractivity contribution in [1.82, 2.24) is 0 Å². The molecule has 0 aromatic heterocycles. The molecule has 2 aliphatic carbocycles. The van der Waals surface area contributed by atoms with E-state index in [2.05, 4.69) is 43.0 Å². The summed E-state index contributed by atoms with van der Waals surface area (Å²) in [5, 5.41) is 2.40. The van der Waals surface area contributed by atoms with Gasteiger partial charge in [-0.25, -0.2) is 0 Å². The van der Waals surface area contributed by atoms with Crippen LogP contribution in [0.5, 0.6) is 5.75 Å². The Morgan fingerprint density at radius 1 is 0.923 bits per heavy atom. The van der Waals surface area contributed by atoms with Crippen LogP contribution in [0.4, 0.5) is 0 Å². The number of methoxy groups -OCH3 is 1. The first-order valence-corrected chi connectivity index (χ1v) is 10.1. The van der Waals surface area contributed by atoms with E-state index in [0.717, 1.165) is 11.3 Å². The smallest absolute Gasteiger partial charge is 0.120 e. The molecule has 0 atom stereocenters. The fraction of sp³-hybridized carbons (Fsp3) is 0.500. The molecule has 2 heteroatoms. The van der Waals surface area contributed by atoms with Gasteiger partial charge in [-0.1, -0.05) is 44.0 Å². The van der Waals surface area contributed by atoms with Crippen LogP contribution >= 0.6 is 0 Å². The van der Waals surface area contributed by atoms with Gasteiger partial charge in [0.1, 0.15) is 11.5 Å². The molecule has 0 unspecified atom stereocenters. The van der Waals surface area contributed by atoms with Gasteiger partial charge in [-0.05, 0) is 72.9 Å². The van der Waals surface area contributed by atoms with E-state index in [9.17, 15) is 0 Å². The second kappa shape index (κ2) is 7.34. The van der Waals surface area contributed by atoms with Gasteiger partial charge in [-0.15, -0.1) is 0 Å². The number of ether oxygens (including phenoxy) is 2. The van der Waals surface area contributed by atoms with Crippen molar-refractivity contribution < 1.29 is 9.47 Å². The summed E-state index contributed by atoms with van der Waals surface area (Å²) < 4.78 is 11.6. The van der Waals surface area contributed by atoms with Gasteiger partial charge in [0.15, 0.2) is 0 Å². The highest BCUT2D eigenvalue weighted by Crippen LogP contribution is 2.48. The summed E-state index contributed by atoms with van der Waals surface area (Å²) in [6.07, 6.45) is 12.7. The highest BCUT2D eigenvalue weighted by molar-refractivity contribution is 5.86. The lowest BCUT2D eigenvalue weighted by Crippen LogP contribution is -2.33. The molecule has 4 rings (SSSR count). The van der Waals surface area contributed by atoms with Crippen molar-refractivity contribution in [2.24, 2.45) is 5.41 Å². The van der Waals surface area contributed by atoms with Crippen molar-refractivity contribution >= 4 is 16.5 Å². The first kappa shape index (κ1) is 17.5. The number of rotatable bonds is 4. The van der Waals surface area contributed by atoms with Crippen LogP contribution in [0.1, 0.15) is 63.4 Å². The van der Waals surface area contributed by atoms with Gasteiger partial charge in [-0.2, -0.15) is 0 Å². The number of fused-ring (bicyclic) bond motifs is 1. The average Bonchev–Trinajstić information content (AvgIpc) is 2.69. The molecule has 2 fully saturated rings. The Morgan fingerprint density at radius 2 is 1.62 bits per heavy atom. The van der Waals surface area contributed by atoms with E-state index in [-0.39, 0.29) is 0 Å². The molecule has 0 amide bonds. The predicted octanol–water partition coefficient (Wildman–Crippen LogP) is 6.73. The molecule has 0 heterocycles. The molecule has 0 radical (unpaired) electrons. The largest absolute Gasteiger partial charge is 0.497 e. The van der Waals surface area contributed by atoms with E-state index in [4.69, 9.17) is 9.47 Å². The summed E-state index contributed by atoms with van der Waals surface area (Å²) in [7, 11) is 1.66. The second-order valence-corrected chi connectivity index (χ2v) is 8.23. The van der Waals surface area contributed by atoms with E-state index in [1.165, 1.54) is 68.6 Å². The summed E-state index contributed by atoms with van der Waals surface area (Å²) in [6, 6.07) is 12.7. The Morgan fingerprint density at radius 3 is 2.35 bits per heavy atom. The lowest BCUT2D eigenvalue weighted by Gasteiger charge is -2.42. The quantitative estimate of drug-likeness (QED) is 0.569. The first-order chi connectivity index (χ1) is 12.7. The minimum absolute atomic E-state index is 0.382. The van der Waals surface area contributed by atoms with Crippen molar-refractivity contribution in [1.29, 1.82) is 0 Å². The van der Waals surface area contributed by atoms with Gasteiger partial charge >= 0.3 is 0 Å². The minimum Gasteiger partial charge on any atom is -0.497 e. The fourth-order valence-corrected chi connectivity index (χ4v) is 4.90. The number of hydrogen-bond acceptors (Lipinski definition) is 2. The molecule has 0 bridgehead atoms. The van der Waals surface area contributed by atoms with Crippen molar-refractivity contribution in [2.45, 2.75) is 63.9 Å². The lowest BCUT2D eigenvalue weighted by atomic mass is 9.65. The molecule has 138 valence electrons. The first-order valence-electron chi connectivity index (χ1n) is 10.1. The zero-order valence-electron chi connectivity index (χ0n) is 15.9. The van der Waals surface area contributed by atoms with Crippen LogP contribution in [0.25, 0.3) is 16.5 Å². The molecule has 2 aromatic rings. The van der Waals surface area contributed by atoms with E-state index < -0.39 is 0 Å². The maximum atomic E-state index is 6.35. The van der Waals surface area contributed by atoms with Gasteiger partial charge < -0.3 is 9.47 Å². The van der Waals surface area contributed by atoms with Crippen LogP contribution in [0.2, 0.25) is 0 Å². The van der Waals surface area contributed by atoms with Crippen molar-refractivity contribution in [3.05, 3.63) is 48.5 Å². The fourth-order valence-electron chi connectivity index (χ4n) is 4.90. The highest BCUT2D eigenvalue weighted by Gasteiger charge is 2.36. The Kier molecular flexibility index (Phi) is 4.93. The maximum absolute atomic E-state index is 6.35. The summed E-state index contributed by atoms with van der Waals surface area (Å²) in [6.45, 7) is 3.93. The zero-order valence-corrected chi connectivity index (χ0v) is 15.9. The van der Waals surface area contributed by atoms with Crippen LogP contribution in [-0.4, -0.2) is 13.2 Å². The van der Waals surface area contributed by atoms with Gasteiger partial charge in [-0.3, -0.25) is 0 Å². The Balaban J connectivity index is 1.42. The molecule has 1 spiro atoms.